The predicted octanol–water partition coefficient (Wildman–Crippen LogP) is 2.82. The minimum atomic E-state index is -0.290. The third kappa shape index (κ3) is 3.13. The van der Waals surface area contributed by atoms with E-state index in [1.807, 2.05) is 36.2 Å². The number of aryl methyl sites for hydroxylation is 1. The highest BCUT2D eigenvalue weighted by Gasteiger charge is 2.25. The third-order valence-corrected chi connectivity index (χ3v) is 4.26. The minimum Gasteiger partial charge on any atom is -0.399 e. The highest BCUT2D eigenvalue weighted by molar-refractivity contribution is 5.98. The number of para-hydroxylation sites is 1. The van der Waals surface area contributed by atoms with E-state index in [1.165, 1.54) is 12.1 Å². The molecule has 2 aromatic rings. The monoisotopic (exact) mass is 313 g/mol. The number of likely N-dealkylation sites (N-methyl/N-ethyl adjacent to an activating group) is 1. The Morgan fingerprint density at radius 2 is 1.96 bits per heavy atom. The summed E-state index contributed by atoms with van der Waals surface area (Å²) in [5, 5.41) is 0. The van der Waals surface area contributed by atoms with Crippen LogP contribution in [-0.4, -0.2) is 26.0 Å². The van der Waals surface area contributed by atoms with E-state index < -0.39 is 0 Å². The van der Waals surface area contributed by atoms with Crippen LogP contribution in [-0.2, 0) is 11.2 Å². The Morgan fingerprint density at radius 3 is 2.74 bits per heavy atom. The lowest BCUT2D eigenvalue weighted by molar-refractivity contribution is -0.118. The number of nitrogen functional groups attached to an aromatic ring is 1. The number of benzene rings is 2. The fourth-order valence-electron chi connectivity index (χ4n) is 2.92. The van der Waals surface area contributed by atoms with Gasteiger partial charge in [0, 0.05) is 32.2 Å². The van der Waals surface area contributed by atoms with Crippen molar-refractivity contribution in [2.24, 2.45) is 0 Å². The maximum atomic E-state index is 13.5. The molecule has 0 fully saturated rings. The molecule has 3 rings (SSSR count). The van der Waals surface area contributed by atoms with Gasteiger partial charge in [-0.15, -0.1) is 0 Å². The van der Waals surface area contributed by atoms with Crippen LogP contribution < -0.4 is 15.5 Å². The summed E-state index contributed by atoms with van der Waals surface area (Å²) in [6.07, 6.45) is 0.989. The molecule has 0 unspecified atom stereocenters. The smallest absolute Gasteiger partial charge is 0.227 e. The Hall–Kier alpha value is -2.56. The molecule has 1 amide bonds. The summed E-state index contributed by atoms with van der Waals surface area (Å²) in [5.74, 6) is -0.254. The van der Waals surface area contributed by atoms with E-state index in [2.05, 4.69) is 0 Å². The summed E-state index contributed by atoms with van der Waals surface area (Å²) in [5.41, 5.74) is 9.14. The average molecular weight is 313 g/mol. The molecule has 2 aromatic carbocycles. The number of carbonyl (C=O) groups excluding carboxylic acids is 1. The molecular weight excluding hydrogens is 293 g/mol. The van der Waals surface area contributed by atoms with Gasteiger partial charge in [0.2, 0.25) is 5.91 Å². The van der Waals surface area contributed by atoms with Crippen LogP contribution in [0.25, 0.3) is 0 Å². The van der Waals surface area contributed by atoms with Gasteiger partial charge in [0.1, 0.15) is 5.82 Å². The fourth-order valence-corrected chi connectivity index (χ4v) is 2.92. The number of nitrogens with two attached hydrogens (primary N) is 1. The summed E-state index contributed by atoms with van der Waals surface area (Å²) in [6.45, 7) is 1.30. The molecule has 0 bridgehead atoms. The zero-order valence-electron chi connectivity index (χ0n) is 13.1. The lowest BCUT2D eigenvalue weighted by atomic mass is 10.1. The van der Waals surface area contributed by atoms with Crippen LogP contribution in [0.15, 0.2) is 42.5 Å². The maximum Gasteiger partial charge on any atom is 0.227 e. The first-order chi connectivity index (χ1) is 11.1. The lowest BCUT2D eigenvalue weighted by Crippen LogP contribution is -2.42. The molecule has 2 N–H and O–H groups in total. The van der Waals surface area contributed by atoms with Gasteiger partial charge in [-0.3, -0.25) is 4.79 Å². The van der Waals surface area contributed by atoms with Crippen LogP contribution in [0.3, 0.4) is 0 Å². The summed E-state index contributed by atoms with van der Waals surface area (Å²) >= 11 is 0. The zero-order chi connectivity index (χ0) is 16.4. The van der Waals surface area contributed by atoms with Crippen molar-refractivity contribution in [2.75, 3.05) is 35.7 Å². The average Bonchev–Trinajstić information content (AvgIpc) is 2.54. The number of amides is 1. The first-order valence-electron chi connectivity index (χ1n) is 7.70. The third-order valence-electron chi connectivity index (χ3n) is 4.26. The van der Waals surface area contributed by atoms with Crippen molar-refractivity contribution in [3.63, 3.8) is 0 Å². The molecule has 0 saturated carbocycles. The van der Waals surface area contributed by atoms with Gasteiger partial charge in [0.15, 0.2) is 0 Å². The largest absolute Gasteiger partial charge is 0.399 e. The van der Waals surface area contributed by atoms with Crippen LogP contribution in [0.1, 0.15) is 12.0 Å². The van der Waals surface area contributed by atoms with Crippen LogP contribution in [0.2, 0.25) is 0 Å². The van der Waals surface area contributed by atoms with Crippen LogP contribution in [0.4, 0.5) is 21.5 Å². The van der Waals surface area contributed by atoms with Crippen molar-refractivity contribution in [1.29, 1.82) is 0 Å². The maximum absolute atomic E-state index is 13.5. The number of hydrogen-bond acceptors (Lipinski definition) is 3. The summed E-state index contributed by atoms with van der Waals surface area (Å²) < 4.78 is 13.5. The van der Waals surface area contributed by atoms with Crippen LogP contribution in [0.5, 0.6) is 0 Å². The number of anilines is 3. The molecule has 0 aromatic heterocycles. The molecule has 0 radical (unpaired) electrons. The second-order valence-corrected chi connectivity index (χ2v) is 5.80. The van der Waals surface area contributed by atoms with Crippen molar-refractivity contribution >= 4 is 23.0 Å². The Balaban J connectivity index is 1.76. The van der Waals surface area contributed by atoms with Crippen LogP contribution in [0, 0.1) is 5.82 Å². The van der Waals surface area contributed by atoms with E-state index in [0.717, 1.165) is 16.9 Å². The van der Waals surface area contributed by atoms with E-state index >= 15 is 0 Å². The van der Waals surface area contributed by atoms with Crippen molar-refractivity contribution in [1.82, 2.24) is 0 Å². The molecule has 1 heterocycles. The Bertz CT molecular complexity index is 732. The standard InChI is InChI=1S/C18H20FN3O/c1-21-10-11-22(16-8-7-14(19)12-17(16)21)18(23)9-6-13-4-2-3-5-15(13)20/h2-5,7-8,12H,6,9-11,20H2,1H3. The molecule has 0 spiro atoms. The molecule has 23 heavy (non-hydrogen) atoms. The highest BCUT2D eigenvalue weighted by Crippen LogP contribution is 2.33. The number of rotatable bonds is 3. The molecule has 0 aliphatic carbocycles. The molecule has 5 heteroatoms. The number of halogens is 1. The fraction of sp³-hybridized carbons (Fsp3) is 0.278. The molecule has 0 atom stereocenters. The van der Waals surface area contributed by atoms with Gasteiger partial charge in [-0.05, 0) is 36.2 Å². The van der Waals surface area contributed by atoms with Gasteiger partial charge in [-0.2, -0.15) is 0 Å². The van der Waals surface area contributed by atoms with Crippen molar-refractivity contribution < 1.29 is 9.18 Å². The van der Waals surface area contributed by atoms with Gasteiger partial charge < -0.3 is 15.5 Å². The van der Waals surface area contributed by atoms with Crippen molar-refractivity contribution in [3.05, 3.63) is 53.8 Å². The van der Waals surface area contributed by atoms with Gasteiger partial charge in [-0.25, -0.2) is 4.39 Å². The Kier molecular flexibility index (Phi) is 4.19. The Labute approximate surface area is 135 Å². The van der Waals surface area contributed by atoms with Gasteiger partial charge >= 0.3 is 0 Å². The number of fused-ring (bicyclic) bond motifs is 1. The highest BCUT2D eigenvalue weighted by atomic mass is 19.1. The van der Waals surface area contributed by atoms with E-state index in [4.69, 9.17) is 5.73 Å². The second kappa shape index (κ2) is 6.28. The molecule has 1 aliphatic rings. The number of carbonyl (C=O) groups is 1. The number of hydrogen-bond donors (Lipinski definition) is 1. The lowest BCUT2D eigenvalue weighted by Gasteiger charge is -2.35. The number of nitrogens with zero attached hydrogens (tertiary/aromatic N) is 2. The first-order valence-corrected chi connectivity index (χ1v) is 7.70. The topological polar surface area (TPSA) is 49.6 Å². The molecule has 4 nitrogen and oxygen atoms in total. The summed E-state index contributed by atoms with van der Waals surface area (Å²) in [6, 6.07) is 12.1. The van der Waals surface area contributed by atoms with Crippen LogP contribution >= 0.6 is 0 Å². The molecular formula is C18H20FN3O. The molecule has 0 saturated heterocycles. The van der Waals surface area contributed by atoms with Gasteiger partial charge in [0.05, 0.1) is 11.4 Å². The summed E-state index contributed by atoms with van der Waals surface area (Å²) in [7, 11) is 1.91. The quantitative estimate of drug-likeness (QED) is 0.887. The zero-order valence-corrected chi connectivity index (χ0v) is 13.1. The van der Waals surface area contributed by atoms with Crippen molar-refractivity contribution in [2.45, 2.75) is 12.8 Å². The van der Waals surface area contributed by atoms with Gasteiger partial charge in [-0.1, -0.05) is 18.2 Å². The summed E-state index contributed by atoms with van der Waals surface area (Å²) in [4.78, 5) is 16.3. The first kappa shape index (κ1) is 15.3. The SMILES string of the molecule is CN1CCN(C(=O)CCc2ccccc2N)c2ccc(F)cc21. The molecule has 120 valence electrons. The van der Waals surface area contributed by atoms with E-state index in [-0.39, 0.29) is 11.7 Å². The Morgan fingerprint density at radius 1 is 1.17 bits per heavy atom. The second-order valence-electron chi connectivity index (χ2n) is 5.80. The predicted molar refractivity (Wildman–Crippen MR) is 91.2 cm³/mol. The van der Waals surface area contributed by atoms with Gasteiger partial charge in [0.25, 0.3) is 0 Å². The van der Waals surface area contributed by atoms with E-state index in [0.29, 0.717) is 31.6 Å². The minimum absolute atomic E-state index is 0.0363. The van der Waals surface area contributed by atoms with E-state index in [1.54, 1.807) is 11.0 Å². The van der Waals surface area contributed by atoms with E-state index in [9.17, 15) is 9.18 Å². The van der Waals surface area contributed by atoms with Crippen molar-refractivity contribution in [3.8, 4) is 0 Å². The molecule has 1 aliphatic heterocycles. The normalized spacial score (nSPS) is 13.8.